The smallest absolute Gasteiger partial charge is 0.163 e. The van der Waals surface area contributed by atoms with Gasteiger partial charge >= 0.3 is 0 Å². The molecule has 0 amide bonds. The van der Waals surface area contributed by atoms with Crippen LogP contribution in [0.3, 0.4) is 0 Å². The average Bonchev–Trinajstić information content (AvgIpc) is 2.13. The molecule has 15 heavy (non-hydrogen) atoms. The van der Waals surface area contributed by atoms with Crippen LogP contribution in [0.5, 0.6) is 0 Å². The van der Waals surface area contributed by atoms with Crippen molar-refractivity contribution in [2.45, 2.75) is 37.8 Å². The zero-order valence-electron chi connectivity index (χ0n) is 8.79. The molecule has 0 fully saturated rings. The first-order chi connectivity index (χ1) is 6.25. The highest BCUT2D eigenvalue weighted by atomic mass is 16.4. The summed E-state index contributed by atoms with van der Waals surface area (Å²) in [7, 11) is 0. The van der Waals surface area contributed by atoms with Crippen LogP contribution in [-0.2, 0) is 4.79 Å². The summed E-state index contributed by atoms with van der Waals surface area (Å²) >= 11 is 0. The summed E-state index contributed by atoms with van der Waals surface area (Å²) in [6, 6.07) is 0. The van der Waals surface area contributed by atoms with Crippen molar-refractivity contribution in [1.29, 1.82) is 0 Å². The molecule has 0 bridgehead atoms. The van der Waals surface area contributed by atoms with Gasteiger partial charge in [0.05, 0.1) is 6.61 Å². The molecular formula is C8H19NO6. The van der Waals surface area contributed by atoms with Gasteiger partial charge in [0.2, 0.25) is 0 Å². The lowest BCUT2D eigenvalue weighted by atomic mass is 9.89. The molecule has 4 unspecified atom stereocenters. The number of aliphatic hydroxyl groups excluding tert-OH is 4. The van der Waals surface area contributed by atoms with Crippen LogP contribution in [0.15, 0.2) is 0 Å². The van der Waals surface area contributed by atoms with Crippen molar-refractivity contribution in [3.63, 3.8) is 0 Å². The van der Waals surface area contributed by atoms with Crippen molar-refractivity contribution in [2.75, 3.05) is 6.61 Å². The number of aliphatic hydroxyl groups is 5. The first-order valence-corrected chi connectivity index (χ1v) is 4.13. The molecule has 0 heterocycles. The average molecular weight is 225 g/mol. The van der Waals surface area contributed by atoms with Crippen LogP contribution >= 0.6 is 0 Å². The number of Topliss-reactive ketones (excluding diaryl/α,β-unsaturated/α-hetero) is 1. The van der Waals surface area contributed by atoms with Crippen molar-refractivity contribution >= 4 is 5.78 Å². The molecule has 92 valence electrons. The SMILES string of the molecule is CC(=O)C(C)(O)C(O)C(O)C(O)CO.N. The Morgan fingerprint density at radius 1 is 1.33 bits per heavy atom. The molecule has 0 saturated heterocycles. The third kappa shape index (κ3) is 3.82. The quantitative estimate of drug-likeness (QED) is 0.304. The van der Waals surface area contributed by atoms with Crippen molar-refractivity contribution in [3.05, 3.63) is 0 Å². The lowest BCUT2D eigenvalue weighted by Gasteiger charge is -2.31. The van der Waals surface area contributed by atoms with Gasteiger partial charge in [0.1, 0.15) is 23.9 Å². The summed E-state index contributed by atoms with van der Waals surface area (Å²) in [5, 5.41) is 45.4. The van der Waals surface area contributed by atoms with Gasteiger partial charge in [0, 0.05) is 0 Å². The summed E-state index contributed by atoms with van der Waals surface area (Å²) in [5.41, 5.74) is -2.14. The Labute approximate surface area is 87.6 Å². The van der Waals surface area contributed by atoms with E-state index in [9.17, 15) is 20.1 Å². The second-order valence-electron chi connectivity index (χ2n) is 3.39. The second-order valence-corrected chi connectivity index (χ2v) is 3.39. The van der Waals surface area contributed by atoms with Crippen molar-refractivity contribution < 1.29 is 30.3 Å². The van der Waals surface area contributed by atoms with E-state index in [1.807, 2.05) is 0 Å². The molecule has 7 nitrogen and oxygen atoms in total. The van der Waals surface area contributed by atoms with Gasteiger partial charge in [-0.3, -0.25) is 4.79 Å². The molecule has 8 N–H and O–H groups in total. The van der Waals surface area contributed by atoms with Gasteiger partial charge in [-0.2, -0.15) is 0 Å². The predicted molar refractivity (Wildman–Crippen MR) is 51.4 cm³/mol. The number of hydrogen-bond acceptors (Lipinski definition) is 7. The predicted octanol–water partition coefficient (Wildman–Crippen LogP) is -2.44. The maximum Gasteiger partial charge on any atom is 0.163 e. The largest absolute Gasteiger partial charge is 0.394 e. The molecule has 4 atom stereocenters. The Hall–Kier alpha value is -0.570. The van der Waals surface area contributed by atoms with Crippen LogP contribution in [-0.4, -0.2) is 61.8 Å². The Morgan fingerprint density at radius 2 is 1.73 bits per heavy atom. The Morgan fingerprint density at radius 3 is 2.00 bits per heavy atom. The zero-order valence-corrected chi connectivity index (χ0v) is 8.79. The lowest BCUT2D eigenvalue weighted by Crippen LogP contribution is -2.55. The van der Waals surface area contributed by atoms with Crippen molar-refractivity contribution in [3.8, 4) is 0 Å². The zero-order chi connectivity index (χ0) is 11.5. The summed E-state index contributed by atoms with van der Waals surface area (Å²) in [6.45, 7) is 1.29. The first kappa shape index (κ1) is 16.8. The van der Waals surface area contributed by atoms with E-state index < -0.39 is 36.3 Å². The monoisotopic (exact) mass is 225 g/mol. The van der Waals surface area contributed by atoms with Gasteiger partial charge in [-0.25, -0.2) is 0 Å². The lowest BCUT2D eigenvalue weighted by molar-refractivity contribution is -0.168. The van der Waals surface area contributed by atoms with Gasteiger partial charge < -0.3 is 31.7 Å². The van der Waals surface area contributed by atoms with Gasteiger partial charge in [-0.1, -0.05) is 0 Å². The van der Waals surface area contributed by atoms with Crippen molar-refractivity contribution in [1.82, 2.24) is 6.15 Å². The van der Waals surface area contributed by atoms with E-state index in [1.54, 1.807) is 0 Å². The number of carbonyl (C=O) groups is 1. The third-order valence-corrected chi connectivity index (χ3v) is 2.19. The van der Waals surface area contributed by atoms with E-state index in [4.69, 9.17) is 10.2 Å². The van der Waals surface area contributed by atoms with Gasteiger partial charge in [0.25, 0.3) is 0 Å². The van der Waals surface area contributed by atoms with Gasteiger partial charge in [0.15, 0.2) is 5.78 Å². The number of hydrogen-bond donors (Lipinski definition) is 6. The molecule has 0 aliphatic heterocycles. The van der Waals surface area contributed by atoms with Crippen LogP contribution in [0.2, 0.25) is 0 Å². The standard InChI is InChI=1S/C8H16O6.H3N/c1-4(10)8(2,14)7(13)6(12)5(11)3-9;/h5-7,9,11-14H,3H2,1-2H3;1H3. The van der Waals surface area contributed by atoms with E-state index in [-0.39, 0.29) is 6.15 Å². The maximum atomic E-state index is 10.9. The van der Waals surface area contributed by atoms with Crippen LogP contribution in [0.4, 0.5) is 0 Å². The van der Waals surface area contributed by atoms with E-state index in [0.29, 0.717) is 0 Å². The Kier molecular flexibility index (Phi) is 6.86. The van der Waals surface area contributed by atoms with E-state index in [0.717, 1.165) is 13.8 Å². The first-order valence-electron chi connectivity index (χ1n) is 4.13. The summed E-state index contributed by atoms with van der Waals surface area (Å²) in [4.78, 5) is 10.9. The highest BCUT2D eigenvalue weighted by Crippen LogP contribution is 2.16. The highest BCUT2D eigenvalue weighted by molar-refractivity contribution is 5.84. The molecule has 0 radical (unpaired) electrons. The normalized spacial score (nSPS) is 20.7. The highest BCUT2D eigenvalue weighted by Gasteiger charge is 2.42. The molecule has 0 aromatic carbocycles. The molecule has 0 spiro atoms. The summed E-state index contributed by atoms with van der Waals surface area (Å²) < 4.78 is 0. The minimum Gasteiger partial charge on any atom is -0.394 e. The number of ketones is 1. The Bertz CT molecular complexity index is 207. The van der Waals surface area contributed by atoms with Crippen LogP contribution in [0, 0.1) is 0 Å². The van der Waals surface area contributed by atoms with Crippen molar-refractivity contribution in [2.24, 2.45) is 0 Å². The van der Waals surface area contributed by atoms with E-state index >= 15 is 0 Å². The molecule has 0 aliphatic rings. The molecule has 0 aromatic heterocycles. The Balaban J connectivity index is 0. The fourth-order valence-electron chi connectivity index (χ4n) is 0.859. The minimum absolute atomic E-state index is 0. The molecule has 0 aromatic rings. The maximum absolute atomic E-state index is 10.9. The van der Waals surface area contributed by atoms with Gasteiger partial charge in [-0.05, 0) is 13.8 Å². The van der Waals surface area contributed by atoms with E-state index in [2.05, 4.69) is 0 Å². The topological polar surface area (TPSA) is 153 Å². The second kappa shape index (κ2) is 6.11. The minimum atomic E-state index is -2.14. The summed E-state index contributed by atoms with van der Waals surface area (Å²) in [6.07, 6.45) is -5.23. The molecule has 0 rings (SSSR count). The number of rotatable bonds is 5. The summed E-state index contributed by atoms with van der Waals surface area (Å²) in [5.74, 6) is -0.741. The third-order valence-electron chi connectivity index (χ3n) is 2.19. The molecule has 0 saturated carbocycles. The van der Waals surface area contributed by atoms with E-state index in [1.165, 1.54) is 0 Å². The van der Waals surface area contributed by atoms with Crippen LogP contribution in [0.25, 0.3) is 0 Å². The molecule has 7 heteroatoms. The molecular weight excluding hydrogens is 206 g/mol. The van der Waals surface area contributed by atoms with Gasteiger partial charge in [-0.15, -0.1) is 0 Å². The van der Waals surface area contributed by atoms with Crippen LogP contribution in [0.1, 0.15) is 13.8 Å². The number of carbonyl (C=O) groups excluding carboxylic acids is 1. The molecule has 0 aliphatic carbocycles. The van der Waals surface area contributed by atoms with Crippen LogP contribution < -0.4 is 6.15 Å². The fourth-order valence-corrected chi connectivity index (χ4v) is 0.859. The fraction of sp³-hybridized carbons (Fsp3) is 0.875.